The molecule has 0 amide bonds. The van der Waals surface area contributed by atoms with Gasteiger partial charge in [-0.2, -0.15) is 0 Å². The maximum Gasteiger partial charge on any atom is 0.343 e. The van der Waals surface area contributed by atoms with Crippen molar-refractivity contribution in [1.29, 1.82) is 0 Å². The molecule has 0 aromatic heterocycles. The molecule has 1 rings (SSSR count). The van der Waals surface area contributed by atoms with Crippen LogP contribution in [0.5, 0.6) is 0 Å². The number of esters is 1. The Morgan fingerprint density at radius 2 is 2.23 bits per heavy atom. The molecule has 0 spiro atoms. The Labute approximate surface area is 81.8 Å². The van der Waals surface area contributed by atoms with Gasteiger partial charge in [-0.25, -0.2) is 4.79 Å². The molecule has 0 aliphatic carbocycles. The van der Waals surface area contributed by atoms with Gasteiger partial charge in [0.15, 0.2) is 0 Å². The molecule has 0 saturated carbocycles. The molecule has 0 fully saturated rings. The fraction of sp³-hybridized carbons (Fsp3) is 0.100. The summed E-state index contributed by atoms with van der Waals surface area (Å²) in [6.45, 7) is 5.08. The van der Waals surface area contributed by atoms with Crippen molar-refractivity contribution in [2.75, 3.05) is 0 Å². The van der Waals surface area contributed by atoms with Crippen LogP contribution in [0.3, 0.4) is 0 Å². The molecule has 1 aromatic carbocycles. The Kier molecular flexibility index (Phi) is 3.09. The molecule has 0 N–H and O–H groups in total. The number of ether oxygens (including phenoxy) is 1. The van der Waals surface area contributed by atoms with E-state index < -0.39 is 5.97 Å². The summed E-state index contributed by atoms with van der Waals surface area (Å²) in [7, 11) is 0. The molecule has 1 aromatic rings. The molecule has 3 heteroatoms. The molecular weight excluding hydrogens is 188 g/mol. The first-order valence-corrected chi connectivity index (χ1v) is 4.10. The highest BCUT2D eigenvalue weighted by Gasteiger charge is 2.06. The predicted octanol–water partition coefficient (Wildman–Crippen LogP) is 3.03. The zero-order valence-corrected chi connectivity index (χ0v) is 7.97. The zero-order valence-electron chi connectivity index (χ0n) is 7.21. The van der Waals surface area contributed by atoms with E-state index in [0.717, 1.165) is 0 Å². The summed E-state index contributed by atoms with van der Waals surface area (Å²) >= 11 is 5.70. The molecule has 0 radical (unpaired) electrons. The number of carbonyl (C=O) groups excluding carboxylic acids is 1. The van der Waals surface area contributed by atoms with Crippen LogP contribution in [0.4, 0.5) is 0 Å². The fourth-order valence-electron chi connectivity index (χ4n) is 0.833. The number of allylic oxidation sites excluding steroid dienone is 1. The number of hydrogen-bond donors (Lipinski definition) is 0. The van der Waals surface area contributed by atoms with Gasteiger partial charge in [-0.1, -0.05) is 24.2 Å². The van der Waals surface area contributed by atoms with Crippen molar-refractivity contribution in [3.05, 3.63) is 47.2 Å². The summed E-state index contributed by atoms with van der Waals surface area (Å²) in [5.41, 5.74) is 0.426. The smallest absolute Gasteiger partial charge is 0.343 e. The van der Waals surface area contributed by atoms with Gasteiger partial charge in [-0.3, -0.25) is 0 Å². The van der Waals surface area contributed by atoms with Gasteiger partial charge < -0.3 is 4.74 Å². The quantitative estimate of drug-likeness (QED) is 0.537. The molecule has 0 aliphatic heterocycles. The monoisotopic (exact) mass is 196 g/mol. The first-order chi connectivity index (χ1) is 6.09. The summed E-state index contributed by atoms with van der Waals surface area (Å²) < 4.78 is 4.80. The largest absolute Gasteiger partial charge is 0.428 e. The number of benzene rings is 1. The van der Waals surface area contributed by atoms with E-state index in [1.165, 1.54) is 0 Å². The van der Waals surface area contributed by atoms with E-state index in [1.807, 2.05) is 0 Å². The summed E-state index contributed by atoms with van der Waals surface area (Å²) in [4.78, 5) is 11.3. The molecule has 0 atom stereocenters. The summed E-state index contributed by atoms with van der Waals surface area (Å²) in [6, 6.07) is 6.57. The average Bonchev–Trinajstić information content (AvgIpc) is 2.03. The zero-order chi connectivity index (χ0) is 9.84. The van der Waals surface area contributed by atoms with Crippen LogP contribution in [0.25, 0.3) is 0 Å². The van der Waals surface area contributed by atoms with E-state index in [1.54, 1.807) is 31.2 Å². The standard InChI is InChI=1S/C10H9ClO2/c1-7(2)13-10(12)8-4-3-5-9(11)6-8/h3-6H,1H2,2H3. The average molecular weight is 197 g/mol. The van der Waals surface area contributed by atoms with Crippen molar-refractivity contribution in [3.8, 4) is 0 Å². The highest BCUT2D eigenvalue weighted by atomic mass is 35.5. The van der Waals surface area contributed by atoms with Crippen LogP contribution in [-0.2, 0) is 4.74 Å². The van der Waals surface area contributed by atoms with Gasteiger partial charge in [0.05, 0.1) is 11.3 Å². The van der Waals surface area contributed by atoms with Gasteiger partial charge in [-0.05, 0) is 25.1 Å². The third-order valence-electron chi connectivity index (χ3n) is 1.33. The van der Waals surface area contributed by atoms with Crippen molar-refractivity contribution >= 4 is 17.6 Å². The summed E-state index contributed by atoms with van der Waals surface area (Å²) in [5.74, 6) is -0.0695. The van der Waals surface area contributed by atoms with E-state index in [-0.39, 0.29) is 0 Å². The van der Waals surface area contributed by atoms with E-state index in [9.17, 15) is 4.79 Å². The van der Waals surface area contributed by atoms with E-state index in [0.29, 0.717) is 16.3 Å². The highest BCUT2D eigenvalue weighted by Crippen LogP contribution is 2.12. The van der Waals surface area contributed by atoms with Crippen molar-refractivity contribution in [1.82, 2.24) is 0 Å². The van der Waals surface area contributed by atoms with Gasteiger partial charge in [0.1, 0.15) is 0 Å². The fourth-order valence-corrected chi connectivity index (χ4v) is 1.02. The minimum atomic E-state index is -0.435. The minimum absolute atomic E-state index is 0.366. The lowest BCUT2D eigenvalue weighted by atomic mass is 10.2. The van der Waals surface area contributed by atoms with Gasteiger partial charge in [0.25, 0.3) is 0 Å². The molecule has 0 unspecified atom stereocenters. The molecule has 0 saturated heterocycles. The van der Waals surface area contributed by atoms with Gasteiger partial charge >= 0.3 is 5.97 Å². The van der Waals surface area contributed by atoms with Crippen molar-refractivity contribution in [2.45, 2.75) is 6.92 Å². The maximum atomic E-state index is 11.3. The van der Waals surface area contributed by atoms with Crippen LogP contribution < -0.4 is 0 Å². The van der Waals surface area contributed by atoms with Gasteiger partial charge in [-0.15, -0.1) is 0 Å². The van der Waals surface area contributed by atoms with Crippen LogP contribution >= 0.6 is 11.6 Å². The molecule has 2 nitrogen and oxygen atoms in total. The van der Waals surface area contributed by atoms with E-state index >= 15 is 0 Å². The number of rotatable bonds is 2. The third-order valence-corrected chi connectivity index (χ3v) is 1.56. The van der Waals surface area contributed by atoms with Crippen LogP contribution in [0, 0.1) is 0 Å². The van der Waals surface area contributed by atoms with Crippen LogP contribution in [0.15, 0.2) is 36.6 Å². The Morgan fingerprint density at radius 1 is 1.54 bits per heavy atom. The van der Waals surface area contributed by atoms with E-state index in [2.05, 4.69) is 6.58 Å². The summed E-state index contributed by atoms with van der Waals surface area (Å²) in [5, 5.41) is 0.510. The van der Waals surface area contributed by atoms with E-state index in [4.69, 9.17) is 16.3 Å². The molecular formula is C10H9ClO2. The lowest BCUT2D eigenvalue weighted by Gasteiger charge is -2.02. The Morgan fingerprint density at radius 3 is 2.77 bits per heavy atom. The first kappa shape index (κ1) is 9.81. The minimum Gasteiger partial charge on any atom is -0.428 e. The lowest BCUT2D eigenvalue weighted by Crippen LogP contribution is -2.02. The van der Waals surface area contributed by atoms with Crippen molar-refractivity contribution < 1.29 is 9.53 Å². The number of carbonyl (C=O) groups is 1. The molecule has 13 heavy (non-hydrogen) atoms. The second kappa shape index (κ2) is 4.10. The van der Waals surface area contributed by atoms with Crippen LogP contribution in [-0.4, -0.2) is 5.97 Å². The maximum absolute atomic E-state index is 11.3. The Bertz CT molecular complexity index is 345. The van der Waals surface area contributed by atoms with Crippen molar-refractivity contribution in [3.63, 3.8) is 0 Å². The topological polar surface area (TPSA) is 26.3 Å². The van der Waals surface area contributed by atoms with Crippen LogP contribution in [0.1, 0.15) is 17.3 Å². The third kappa shape index (κ3) is 2.92. The molecule has 0 bridgehead atoms. The number of hydrogen-bond acceptors (Lipinski definition) is 2. The normalized spacial score (nSPS) is 9.38. The Balaban J connectivity index is 2.83. The lowest BCUT2D eigenvalue weighted by molar-refractivity contribution is 0.0628. The van der Waals surface area contributed by atoms with Gasteiger partial charge in [0, 0.05) is 5.02 Å². The predicted molar refractivity (Wildman–Crippen MR) is 51.7 cm³/mol. The second-order valence-electron chi connectivity index (χ2n) is 2.60. The van der Waals surface area contributed by atoms with Crippen molar-refractivity contribution in [2.24, 2.45) is 0 Å². The molecule has 0 aliphatic rings. The molecule has 0 heterocycles. The number of halogens is 1. The Hall–Kier alpha value is -1.28. The summed E-state index contributed by atoms with van der Waals surface area (Å²) in [6.07, 6.45) is 0. The highest BCUT2D eigenvalue weighted by molar-refractivity contribution is 6.30. The first-order valence-electron chi connectivity index (χ1n) is 3.73. The van der Waals surface area contributed by atoms with Gasteiger partial charge in [0.2, 0.25) is 0 Å². The van der Waals surface area contributed by atoms with Crippen LogP contribution in [0.2, 0.25) is 5.02 Å². The second-order valence-corrected chi connectivity index (χ2v) is 3.04. The molecule has 68 valence electrons. The SMILES string of the molecule is C=C(C)OC(=O)c1cccc(Cl)c1.